The molecule has 2 N–H and O–H groups in total. The van der Waals surface area contributed by atoms with Gasteiger partial charge in [0, 0.05) is 12.7 Å². The van der Waals surface area contributed by atoms with E-state index in [2.05, 4.69) is 5.32 Å². The van der Waals surface area contributed by atoms with E-state index in [-0.39, 0.29) is 17.7 Å². The number of nitrogens with zero attached hydrogens (tertiary/aromatic N) is 1. The highest BCUT2D eigenvalue weighted by Crippen LogP contribution is 2.14. The largest absolute Gasteiger partial charge is 0.392 e. The van der Waals surface area contributed by atoms with E-state index < -0.39 is 5.91 Å². The number of para-hydroxylation sites is 1. The van der Waals surface area contributed by atoms with E-state index in [4.69, 9.17) is 5.11 Å². The number of hydrogen-bond acceptors (Lipinski definition) is 3. The van der Waals surface area contributed by atoms with Crippen molar-refractivity contribution < 1.29 is 9.90 Å². The van der Waals surface area contributed by atoms with E-state index in [0.717, 1.165) is 16.5 Å². The molecule has 0 fully saturated rings. The molecule has 1 heterocycles. The third-order valence-corrected chi connectivity index (χ3v) is 3.77. The summed E-state index contributed by atoms with van der Waals surface area (Å²) in [7, 11) is 1.65. The monoisotopic (exact) mass is 308 g/mol. The summed E-state index contributed by atoms with van der Waals surface area (Å²) in [5.41, 5.74) is 1.86. The second-order valence-electron chi connectivity index (χ2n) is 5.29. The van der Waals surface area contributed by atoms with Crippen LogP contribution in [0.5, 0.6) is 0 Å². The van der Waals surface area contributed by atoms with E-state index in [9.17, 15) is 9.59 Å². The van der Waals surface area contributed by atoms with Gasteiger partial charge in [-0.15, -0.1) is 0 Å². The number of aryl methyl sites for hydroxylation is 1. The molecule has 5 nitrogen and oxygen atoms in total. The molecule has 1 aromatic heterocycles. The Bertz CT molecular complexity index is 927. The third-order valence-electron chi connectivity index (χ3n) is 3.77. The lowest BCUT2D eigenvalue weighted by molar-refractivity contribution is 0.102. The van der Waals surface area contributed by atoms with Gasteiger partial charge in [0.25, 0.3) is 11.5 Å². The zero-order valence-corrected chi connectivity index (χ0v) is 12.6. The predicted octanol–water partition coefficient (Wildman–Crippen LogP) is 2.28. The van der Waals surface area contributed by atoms with Crippen molar-refractivity contribution in [1.29, 1.82) is 0 Å². The molecule has 0 aliphatic heterocycles. The Labute approximate surface area is 132 Å². The summed E-state index contributed by atoms with van der Waals surface area (Å²) in [6.07, 6.45) is 0. The lowest BCUT2D eigenvalue weighted by Crippen LogP contribution is -2.27. The van der Waals surface area contributed by atoms with Crippen molar-refractivity contribution in [3.8, 4) is 0 Å². The van der Waals surface area contributed by atoms with Gasteiger partial charge in [0.2, 0.25) is 0 Å². The number of aliphatic hydroxyl groups is 1. The van der Waals surface area contributed by atoms with Crippen molar-refractivity contribution in [2.45, 2.75) is 6.61 Å². The lowest BCUT2D eigenvalue weighted by Gasteiger charge is -2.09. The Morgan fingerprint density at radius 1 is 1.13 bits per heavy atom. The molecule has 0 saturated carbocycles. The molecule has 0 aliphatic rings. The van der Waals surface area contributed by atoms with Gasteiger partial charge < -0.3 is 15.0 Å². The van der Waals surface area contributed by atoms with Crippen LogP contribution in [0.1, 0.15) is 15.9 Å². The summed E-state index contributed by atoms with van der Waals surface area (Å²) in [4.78, 5) is 24.8. The number of aliphatic hydroxyl groups excluding tert-OH is 1. The number of carbonyl (C=O) groups is 1. The van der Waals surface area contributed by atoms with Gasteiger partial charge in [-0.25, -0.2) is 0 Å². The maximum Gasteiger partial charge on any atom is 0.263 e. The van der Waals surface area contributed by atoms with Crippen molar-refractivity contribution in [3.63, 3.8) is 0 Å². The number of rotatable bonds is 3. The van der Waals surface area contributed by atoms with Gasteiger partial charge in [0.1, 0.15) is 5.56 Å². The predicted molar refractivity (Wildman–Crippen MR) is 89.5 cm³/mol. The number of carbonyl (C=O) groups excluding carboxylic acids is 1. The number of aromatic nitrogens is 1. The number of pyridine rings is 1. The first kappa shape index (κ1) is 15.0. The molecule has 0 unspecified atom stereocenters. The maximum atomic E-state index is 12.4. The summed E-state index contributed by atoms with van der Waals surface area (Å²) in [5, 5.41) is 12.6. The van der Waals surface area contributed by atoms with Gasteiger partial charge in [0.15, 0.2) is 0 Å². The zero-order valence-electron chi connectivity index (χ0n) is 12.6. The van der Waals surface area contributed by atoms with Crippen LogP contribution in [0.3, 0.4) is 0 Å². The Balaban J connectivity index is 1.97. The quantitative estimate of drug-likeness (QED) is 0.780. The van der Waals surface area contributed by atoms with E-state index in [1.807, 2.05) is 24.3 Å². The van der Waals surface area contributed by atoms with E-state index >= 15 is 0 Å². The molecule has 0 bridgehead atoms. The smallest absolute Gasteiger partial charge is 0.263 e. The zero-order chi connectivity index (χ0) is 16.4. The molecular weight excluding hydrogens is 292 g/mol. The SMILES string of the molecule is Cn1c(=O)c(C(=O)Nc2ccc(CO)cc2)cc2ccccc21. The number of fused-ring (bicyclic) bond motifs is 1. The molecule has 116 valence electrons. The Hall–Kier alpha value is -2.92. The molecule has 0 aliphatic carbocycles. The minimum atomic E-state index is -0.451. The standard InChI is InChI=1S/C18H16N2O3/c1-20-16-5-3-2-4-13(16)10-15(18(20)23)17(22)19-14-8-6-12(11-21)7-9-14/h2-10,21H,11H2,1H3,(H,19,22). The number of nitrogens with one attached hydrogen (secondary N) is 1. The highest BCUT2D eigenvalue weighted by Gasteiger charge is 2.14. The second kappa shape index (κ2) is 6.06. The number of benzene rings is 2. The van der Waals surface area contributed by atoms with Gasteiger partial charge in [-0.2, -0.15) is 0 Å². The van der Waals surface area contributed by atoms with Crippen molar-refractivity contribution in [2.24, 2.45) is 7.05 Å². The van der Waals surface area contributed by atoms with Gasteiger partial charge >= 0.3 is 0 Å². The van der Waals surface area contributed by atoms with Crippen LogP contribution in [0, 0.1) is 0 Å². The van der Waals surface area contributed by atoms with Gasteiger partial charge in [0.05, 0.1) is 12.1 Å². The van der Waals surface area contributed by atoms with Crippen LogP contribution in [0.2, 0.25) is 0 Å². The molecule has 0 atom stereocenters. The lowest BCUT2D eigenvalue weighted by atomic mass is 10.1. The first-order valence-corrected chi connectivity index (χ1v) is 7.20. The van der Waals surface area contributed by atoms with Crippen molar-refractivity contribution in [2.75, 3.05) is 5.32 Å². The topological polar surface area (TPSA) is 71.3 Å². The van der Waals surface area contributed by atoms with E-state index in [0.29, 0.717) is 5.69 Å². The first-order valence-electron chi connectivity index (χ1n) is 7.20. The van der Waals surface area contributed by atoms with Crippen molar-refractivity contribution in [1.82, 2.24) is 4.57 Å². The van der Waals surface area contributed by atoms with E-state index in [1.165, 1.54) is 4.57 Å². The van der Waals surface area contributed by atoms with Crippen molar-refractivity contribution >= 4 is 22.5 Å². The van der Waals surface area contributed by atoms with Crippen LogP contribution < -0.4 is 10.9 Å². The summed E-state index contributed by atoms with van der Waals surface area (Å²) in [6.45, 7) is -0.0561. The molecule has 0 spiro atoms. The Morgan fingerprint density at radius 3 is 2.52 bits per heavy atom. The maximum absolute atomic E-state index is 12.4. The van der Waals surface area contributed by atoms with Crippen LogP contribution in [0.15, 0.2) is 59.4 Å². The van der Waals surface area contributed by atoms with Crippen LogP contribution in [-0.2, 0) is 13.7 Å². The Kier molecular flexibility index (Phi) is 3.95. The summed E-state index contributed by atoms with van der Waals surface area (Å²) < 4.78 is 1.47. The third kappa shape index (κ3) is 2.86. The van der Waals surface area contributed by atoms with Gasteiger partial charge in [-0.3, -0.25) is 9.59 Å². The second-order valence-corrected chi connectivity index (χ2v) is 5.29. The summed E-state index contributed by atoms with van der Waals surface area (Å²) in [6, 6.07) is 15.8. The Morgan fingerprint density at radius 2 is 1.83 bits per heavy atom. The fourth-order valence-corrected chi connectivity index (χ4v) is 2.48. The molecule has 3 rings (SSSR count). The fraction of sp³-hybridized carbons (Fsp3) is 0.111. The fourth-order valence-electron chi connectivity index (χ4n) is 2.48. The number of amides is 1. The van der Waals surface area contributed by atoms with Gasteiger partial charge in [-0.1, -0.05) is 30.3 Å². The van der Waals surface area contributed by atoms with Crippen LogP contribution >= 0.6 is 0 Å². The molecule has 1 amide bonds. The summed E-state index contributed by atoms with van der Waals surface area (Å²) >= 11 is 0. The van der Waals surface area contributed by atoms with Crippen molar-refractivity contribution in [3.05, 3.63) is 76.1 Å². The van der Waals surface area contributed by atoms with E-state index in [1.54, 1.807) is 37.4 Å². The number of anilines is 1. The summed E-state index contributed by atoms with van der Waals surface area (Å²) in [5.74, 6) is -0.451. The molecule has 5 heteroatoms. The minimum absolute atomic E-state index is 0.0561. The number of hydrogen-bond donors (Lipinski definition) is 2. The van der Waals surface area contributed by atoms with Crippen LogP contribution in [0.25, 0.3) is 10.9 Å². The minimum Gasteiger partial charge on any atom is -0.392 e. The highest BCUT2D eigenvalue weighted by atomic mass is 16.3. The first-order chi connectivity index (χ1) is 11.1. The normalized spacial score (nSPS) is 10.7. The molecule has 3 aromatic rings. The van der Waals surface area contributed by atoms with Gasteiger partial charge in [-0.05, 0) is 35.2 Å². The van der Waals surface area contributed by atoms with Crippen LogP contribution in [-0.4, -0.2) is 15.6 Å². The average molecular weight is 308 g/mol. The molecule has 0 radical (unpaired) electrons. The molecule has 2 aromatic carbocycles. The molecular formula is C18H16N2O3. The highest BCUT2D eigenvalue weighted by molar-refractivity contribution is 6.05. The molecule has 23 heavy (non-hydrogen) atoms. The average Bonchev–Trinajstić information content (AvgIpc) is 2.58. The molecule has 0 saturated heterocycles. The van der Waals surface area contributed by atoms with Crippen LogP contribution in [0.4, 0.5) is 5.69 Å².